The number of benzene rings is 1. The first-order chi connectivity index (χ1) is 9.22. The molecule has 1 aromatic carbocycles. The van der Waals surface area contributed by atoms with Crippen molar-refractivity contribution >= 4 is 15.9 Å². The Morgan fingerprint density at radius 3 is 3.05 bits per heavy atom. The highest BCUT2D eigenvalue weighted by atomic mass is 79.9. The second-order valence-electron chi connectivity index (χ2n) is 3.77. The molecular formula is C11H13BrFN5O. The Hall–Kier alpha value is -1.38. The van der Waals surface area contributed by atoms with Gasteiger partial charge in [-0.25, -0.2) is 4.39 Å². The minimum Gasteiger partial charge on any atom is -0.383 e. The Kier molecular flexibility index (Phi) is 4.94. The summed E-state index contributed by atoms with van der Waals surface area (Å²) in [5.41, 5.74) is 0.696. The predicted octanol–water partition coefficient (Wildman–Crippen LogP) is 1.30. The van der Waals surface area contributed by atoms with Gasteiger partial charge in [-0.1, -0.05) is 0 Å². The lowest BCUT2D eigenvalue weighted by Crippen LogP contribution is -2.21. The van der Waals surface area contributed by atoms with E-state index in [1.54, 1.807) is 23.9 Å². The summed E-state index contributed by atoms with van der Waals surface area (Å²) in [4.78, 5) is 0. The summed E-state index contributed by atoms with van der Waals surface area (Å²) in [6.07, 6.45) is 0. The van der Waals surface area contributed by atoms with E-state index in [0.29, 0.717) is 35.7 Å². The number of nitrogens with zero attached hydrogens (tertiary/aromatic N) is 4. The average Bonchev–Trinajstić information content (AvgIpc) is 2.86. The molecule has 6 nitrogen and oxygen atoms in total. The van der Waals surface area contributed by atoms with Crippen LogP contribution in [0.2, 0.25) is 0 Å². The molecule has 0 unspecified atom stereocenters. The minimum atomic E-state index is -0.323. The number of halogens is 2. The highest BCUT2D eigenvalue weighted by Crippen LogP contribution is 2.19. The summed E-state index contributed by atoms with van der Waals surface area (Å²) in [5, 5.41) is 14.6. The Labute approximate surface area is 118 Å². The van der Waals surface area contributed by atoms with Crippen molar-refractivity contribution in [2.75, 3.05) is 20.3 Å². The van der Waals surface area contributed by atoms with Crippen LogP contribution in [-0.4, -0.2) is 40.5 Å². The van der Waals surface area contributed by atoms with Crippen LogP contribution in [0.25, 0.3) is 5.69 Å². The van der Waals surface area contributed by atoms with Crippen LogP contribution in [0, 0.1) is 5.82 Å². The maximum atomic E-state index is 13.2. The van der Waals surface area contributed by atoms with Crippen LogP contribution < -0.4 is 5.32 Å². The van der Waals surface area contributed by atoms with Crippen LogP contribution in [0.3, 0.4) is 0 Å². The van der Waals surface area contributed by atoms with Gasteiger partial charge in [-0.05, 0) is 44.6 Å². The molecule has 2 aromatic rings. The van der Waals surface area contributed by atoms with Gasteiger partial charge >= 0.3 is 0 Å². The Morgan fingerprint density at radius 2 is 2.32 bits per heavy atom. The lowest BCUT2D eigenvalue weighted by atomic mass is 10.3. The summed E-state index contributed by atoms with van der Waals surface area (Å²) < 4.78 is 20.1. The van der Waals surface area contributed by atoms with Gasteiger partial charge in [-0.3, -0.25) is 0 Å². The van der Waals surface area contributed by atoms with E-state index in [4.69, 9.17) is 4.74 Å². The van der Waals surface area contributed by atoms with Crippen molar-refractivity contribution in [3.05, 3.63) is 34.3 Å². The minimum absolute atomic E-state index is 0.323. The molecular weight excluding hydrogens is 317 g/mol. The van der Waals surface area contributed by atoms with Gasteiger partial charge < -0.3 is 10.1 Å². The number of hydrogen-bond acceptors (Lipinski definition) is 5. The van der Waals surface area contributed by atoms with E-state index < -0.39 is 0 Å². The molecule has 0 saturated carbocycles. The van der Waals surface area contributed by atoms with E-state index in [1.807, 2.05) is 0 Å². The molecule has 0 atom stereocenters. The number of tetrazole rings is 1. The fourth-order valence-electron chi connectivity index (χ4n) is 1.51. The molecule has 0 fully saturated rings. The molecule has 0 aliphatic rings. The molecule has 0 bridgehead atoms. The van der Waals surface area contributed by atoms with Crippen molar-refractivity contribution in [3.63, 3.8) is 0 Å². The molecule has 102 valence electrons. The Balaban J connectivity index is 2.12. The molecule has 0 aliphatic carbocycles. The molecule has 1 N–H and O–H groups in total. The standard InChI is InChI=1S/C11H13BrFN5O/c1-19-5-4-14-7-11-15-16-17-18(11)8-2-3-10(13)9(12)6-8/h2-3,6,14H,4-5,7H2,1H3. The second kappa shape index (κ2) is 6.69. The normalized spacial score (nSPS) is 10.9. The van der Waals surface area contributed by atoms with Gasteiger partial charge in [0.1, 0.15) is 5.82 Å². The topological polar surface area (TPSA) is 64.9 Å². The van der Waals surface area contributed by atoms with Crippen molar-refractivity contribution in [1.29, 1.82) is 0 Å². The maximum absolute atomic E-state index is 13.2. The van der Waals surface area contributed by atoms with E-state index >= 15 is 0 Å². The molecule has 0 aliphatic heterocycles. The molecule has 2 rings (SSSR count). The fourth-order valence-corrected chi connectivity index (χ4v) is 1.87. The van der Waals surface area contributed by atoms with Crippen molar-refractivity contribution in [2.24, 2.45) is 0 Å². The Morgan fingerprint density at radius 1 is 1.47 bits per heavy atom. The summed E-state index contributed by atoms with van der Waals surface area (Å²) in [5.74, 6) is 0.325. The fraction of sp³-hybridized carbons (Fsp3) is 0.364. The maximum Gasteiger partial charge on any atom is 0.170 e. The number of methoxy groups -OCH3 is 1. The summed E-state index contributed by atoms with van der Waals surface area (Å²) in [7, 11) is 1.64. The van der Waals surface area contributed by atoms with Crippen LogP contribution in [0.1, 0.15) is 5.82 Å². The third kappa shape index (κ3) is 3.55. The van der Waals surface area contributed by atoms with E-state index in [9.17, 15) is 4.39 Å². The summed E-state index contributed by atoms with van der Waals surface area (Å²) >= 11 is 3.14. The molecule has 1 heterocycles. The summed E-state index contributed by atoms with van der Waals surface area (Å²) in [6.45, 7) is 1.82. The third-order valence-corrected chi connectivity index (χ3v) is 3.06. The lowest BCUT2D eigenvalue weighted by molar-refractivity contribution is 0.199. The van der Waals surface area contributed by atoms with Crippen LogP contribution in [0.15, 0.2) is 22.7 Å². The average molecular weight is 330 g/mol. The predicted molar refractivity (Wildman–Crippen MR) is 70.4 cm³/mol. The van der Waals surface area contributed by atoms with Gasteiger partial charge in [-0.15, -0.1) is 5.10 Å². The van der Waals surface area contributed by atoms with Crippen LogP contribution >= 0.6 is 15.9 Å². The first-order valence-corrected chi connectivity index (χ1v) is 6.44. The Bertz CT molecular complexity index is 548. The molecule has 8 heteroatoms. The smallest absolute Gasteiger partial charge is 0.170 e. The zero-order chi connectivity index (χ0) is 13.7. The molecule has 0 spiro atoms. The van der Waals surface area contributed by atoms with Crippen molar-refractivity contribution in [3.8, 4) is 5.69 Å². The number of aromatic nitrogens is 4. The monoisotopic (exact) mass is 329 g/mol. The van der Waals surface area contributed by atoms with E-state index in [2.05, 4.69) is 36.8 Å². The number of hydrogen-bond donors (Lipinski definition) is 1. The molecule has 0 saturated heterocycles. The van der Waals surface area contributed by atoms with Crippen LogP contribution in [-0.2, 0) is 11.3 Å². The summed E-state index contributed by atoms with van der Waals surface area (Å²) in [6, 6.07) is 4.61. The third-order valence-electron chi connectivity index (χ3n) is 2.45. The van der Waals surface area contributed by atoms with Gasteiger partial charge in [0.15, 0.2) is 5.82 Å². The molecule has 1 aromatic heterocycles. The van der Waals surface area contributed by atoms with Crippen molar-refractivity contribution in [2.45, 2.75) is 6.54 Å². The van der Waals surface area contributed by atoms with Gasteiger partial charge in [0, 0.05) is 13.7 Å². The van der Waals surface area contributed by atoms with Gasteiger partial charge in [-0.2, -0.15) is 4.68 Å². The SMILES string of the molecule is COCCNCc1nnnn1-c1ccc(F)c(Br)c1. The molecule has 0 radical (unpaired) electrons. The van der Waals surface area contributed by atoms with E-state index in [1.165, 1.54) is 6.07 Å². The molecule has 19 heavy (non-hydrogen) atoms. The zero-order valence-electron chi connectivity index (χ0n) is 10.3. The molecule has 0 amide bonds. The second-order valence-corrected chi connectivity index (χ2v) is 4.63. The van der Waals surface area contributed by atoms with Crippen molar-refractivity contribution < 1.29 is 9.13 Å². The van der Waals surface area contributed by atoms with Gasteiger partial charge in [0.05, 0.1) is 23.3 Å². The van der Waals surface area contributed by atoms with Crippen LogP contribution in [0.4, 0.5) is 4.39 Å². The van der Waals surface area contributed by atoms with E-state index in [-0.39, 0.29) is 5.82 Å². The van der Waals surface area contributed by atoms with Gasteiger partial charge in [0.25, 0.3) is 0 Å². The zero-order valence-corrected chi connectivity index (χ0v) is 11.9. The largest absolute Gasteiger partial charge is 0.383 e. The van der Waals surface area contributed by atoms with Crippen LogP contribution in [0.5, 0.6) is 0 Å². The first-order valence-electron chi connectivity index (χ1n) is 5.64. The quantitative estimate of drug-likeness (QED) is 0.809. The highest BCUT2D eigenvalue weighted by Gasteiger charge is 2.09. The number of ether oxygens (including phenoxy) is 1. The van der Waals surface area contributed by atoms with Gasteiger partial charge in [0.2, 0.25) is 0 Å². The first kappa shape index (κ1) is 14.0. The van der Waals surface area contributed by atoms with Crippen molar-refractivity contribution in [1.82, 2.24) is 25.5 Å². The van der Waals surface area contributed by atoms with E-state index in [0.717, 1.165) is 0 Å². The number of nitrogens with one attached hydrogen (secondary N) is 1. The highest BCUT2D eigenvalue weighted by molar-refractivity contribution is 9.10. The number of rotatable bonds is 6. The lowest BCUT2D eigenvalue weighted by Gasteiger charge is -2.06.